The molecule has 0 spiro atoms. The number of nitriles is 1. The molecule has 0 fully saturated rings. The van der Waals surface area contributed by atoms with Crippen molar-refractivity contribution in [3.05, 3.63) is 64.2 Å². The number of hydrogen-bond donors (Lipinski definition) is 0. The Bertz CT molecular complexity index is 628. The molecular formula is C15H10ClNO. The fraction of sp³-hybridized carbons (Fsp3) is 0.133. The molecular weight excluding hydrogens is 246 g/mol. The third-order valence-corrected chi connectivity index (χ3v) is 3.50. The maximum absolute atomic E-state index is 8.77. The molecule has 0 bridgehead atoms. The SMILES string of the molecule is N#Cc1ccc(C2Cc3c(Cl)cccc3O2)cc1. The summed E-state index contributed by atoms with van der Waals surface area (Å²) in [5.74, 6) is 0.858. The van der Waals surface area contributed by atoms with Crippen molar-refractivity contribution >= 4 is 11.6 Å². The van der Waals surface area contributed by atoms with Crippen molar-refractivity contribution in [3.8, 4) is 11.8 Å². The molecule has 0 saturated carbocycles. The van der Waals surface area contributed by atoms with E-state index in [0.717, 1.165) is 28.3 Å². The second-order valence-electron chi connectivity index (χ2n) is 4.26. The summed E-state index contributed by atoms with van der Waals surface area (Å²) in [6, 6.07) is 15.3. The normalized spacial score (nSPS) is 16.8. The van der Waals surface area contributed by atoms with Crippen LogP contribution in [-0.2, 0) is 6.42 Å². The van der Waals surface area contributed by atoms with Crippen LogP contribution in [0.4, 0.5) is 0 Å². The van der Waals surface area contributed by atoms with Crippen LogP contribution in [0.25, 0.3) is 0 Å². The number of nitrogens with zero attached hydrogens (tertiary/aromatic N) is 1. The molecule has 1 aliphatic rings. The van der Waals surface area contributed by atoms with Crippen LogP contribution >= 0.6 is 11.6 Å². The van der Waals surface area contributed by atoms with E-state index in [-0.39, 0.29) is 6.10 Å². The molecule has 1 unspecified atom stereocenters. The van der Waals surface area contributed by atoms with Gasteiger partial charge >= 0.3 is 0 Å². The highest BCUT2D eigenvalue weighted by molar-refractivity contribution is 6.31. The molecule has 2 aromatic carbocycles. The zero-order chi connectivity index (χ0) is 12.5. The third-order valence-electron chi connectivity index (χ3n) is 3.15. The maximum atomic E-state index is 8.77. The number of hydrogen-bond acceptors (Lipinski definition) is 2. The Balaban J connectivity index is 1.89. The van der Waals surface area contributed by atoms with E-state index in [2.05, 4.69) is 6.07 Å². The number of benzene rings is 2. The summed E-state index contributed by atoms with van der Waals surface area (Å²) >= 11 is 6.15. The Morgan fingerprint density at radius 3 is 2.61 bits per heavy atom. The monoisotopic (exact) mass is 255 g/mol. The van der Waals surface area contributed by atoms with E-state index in [4.69, 9.17) is 21.6 Å². The van der Waals surface area contributed by atoms with E-state index in [0.29, 0.717) is 5.56 Å². The average Bonchev–Trinajstić information content (AvgIpc) is 2.84. The van der Waals surface area contributed by atoms with Crippen LogP contribution < -0.4 is 4.74 Å². The van der Waals surface area contributed by atoms with E-state index in [1.165, 1.54) is 0 Å². The number of ether oxygens (including phenoxy) is 1. The lowest BCUT2D eigenvalue weighted by atomic mass is 10.0. The summed E-state index contributed by atoms with van der Waals surface area (Å²) in [6.45, 7) is 0. The van der Waals surface area contributed by atoms with Crippen molar-refractivity contribution in [1.82, 2.24) is 0 Å². The summed E-state index contributed by atoms with van der Waals surface area (Å²) < 4.78 is 5.88. The molecule has 2 nitrogen and oxygen atoms in total. The second-order valence-corrected chi connectivity index (χ2v) is 4.67. The van der Waals surface area contributed by atoms with E-state index < -0.39 is 0 Å². The Kier molecular flexibility index (Phi) is 2.70. The van der Waals surface area contributed by atoms with Crippen LogP contribution in [0, 0.1) is 11.3 Å². The molecule has 3 rings (SSSR count). The topological polar surface area (TPSA) is 33.0 Å². The fourth-order valence-corrected chi connectivity index (χ4v) is 2.43. The van der Waals surface area contributed by atoms with Gasteiger partial charge < -0.3 is 4.74 Å². The van der Waals surface area contributed by atoms with Crippen LogP contribution in [0.1, 0.15) is 22.8 Å². The predicted octanol–water partition coefficient (Wildman–Crippen LogP) is 3.89. The molecule has 0 amide bonds. The van der Waals surface area contributed by atoms with Crippen LogP contribution in [0.5, 0.6) is 5.75 Å². The zero-order valence-corrected chi connectivity index (χ0v) is 10.3. The Morgan fingerprint density at radius 1 is 1.17 bits per heavy atom. The number of halogens is 1. The van der Waals surface area contributed by atoms with Gasteiger partial charge in [0.15, 0.2) is 0 Å². The molecule has 0 radical (unpaired) electrons. The van der Waals surface area contributed by atoms with Crippen molar-refractivity contribution in [2.75, 3.05) is 0 Å². The molecule has 0 saturated heterocycles. The molecule has 1 heterocycles. The van der Waals surface area contributed by atoms with Gasteiger partial charge in [-0.2, -0.15) is 5.26 Å². The van der Waals surface area contributed by atoms with E-state index in [1.807, 2.05) is 42.5 Å². The lowest BCUT2D eigenvalue weighted by Crippen LogP contribution is -2.02. The first kappa shape index (κ1) is 11.1. The van der Waals surface area contributed by atoms with Crippen LogP contribution in [-0.4, -0.2) is 0 Å². The summed E-state index contributed by atoms with van der Waals surface area (Å²) in [5, 5.41) is 9.53. The van der Waals surface area contributed by atoms with Crippen LogP contribution in [0.3, 0.4) is 0 Å². The van der Waals surface area contributed by atoms with Gasteiger partial charge in [0.1, 0.15) is 11.9 Å². The minimum Gasteiger partial charge on any atom is -0.485 e. The molecule has 88 valence electrons. The smallest absolute Gasteiger partial charge is 0.128 e. The van der Waals surface area contributed by atoms with Gasteiger partial charge in [-0.05, 0) is 29.8 Å². The molecule has 18 heavy (non-hydrogen) atoms. The summed E-state index contributed by atoms with van der Waals surface area (Å²) in [6.07, 6.45) is 0.772. The number of rotatable bonds is 1. The fourth-order valence-electron chi connectivity index (χ4n) is 2.19. The number of fused-ring (bicyclic) bond motifs is 1. The summed E-state index contributed by atoms with van der Waals surface area (Å²) in [7, 11) is 0. The quantitative estimate of drug-likeness (QED) is 0.775. The van der Waals surface area contributed by atoms with Gasteiger partial charge in [0.25, 0.3) is 0 Å². The lowest BCUT2D eigenvalue weighted by Gasteiger charge is -2.10. The van der Waals surface area contributed by atoms with E-state index in [9.17, 15) is 0 Å². The van der Waals surface area contributed by atoms with E-state index >= 15 is 0 Å². The Hall–Kier alpha value is -1.98. The lowest BCUT2D eigenvalue weighted by molar-refractivity contribution is 0.238. The second kappa shape index (κ2) is 4.36. The van der Waals surface area contributed by atoms with Gasteiger partial charge in [0.05, 0.1) is 11.6 Å². The Labute approximate surface area is 110 Å². The van der Waals surface area contributed by atoms with Gasteiger partial charge in [-0.1, -0.05) is 29.8 Å². The van der Waals surface area contributed by atoms with Crippen molar-refractivity contribution < 1.29 is 4.74 Å². The first-order valence-electron chi connectivity index (χ1n) is 5.72. The zero-order valence-electron chi connectivity index (χ0n) is 9.56. The third kappa shape index (κ3) is 1.83. The Morgan fingerprint density at radius 2 is 1.94 bits per heavy atom. The van der Waals surface area contributed by atoms with Gasteiger partial charge in [-0.3, -0.25) is 0 Å². The maximum Gasteiger partial charge on any atom is 0.128 e. The largest absolute Gasteiger partial charge is 0.485 e. The van der Waals surface area contributed by atoms with E-state index in [1.54, 1.807) is 0 Å². The highest BCUT2D eigenvalue weighted by atomic mass is 35.5. The minimum absolute atomic E-state index is 0.00681. The van der Waals surface area contributed by atoms with Crippen molar-refractivity contribution in [3.63, 3.8) is 0 Å². The average molecular weight is 256 g/mol. The summed E-state index contributed by atoms with van der Waals surface area (Å²) in [4.78, 5) is 0. The first-order chi connectivity index (χ1) is 8.78. The van der Waals surface area contributed by atoms with Gasteiger partial charge in [-0.25, -0.2) is 0 Å². The molecule has 2 aromatic rings. The molecule has 0 N–H and O–H groups in total. The molecule has 0 aromatic heterocycles. The van der Waals surface area contributed by atoms with Gasteiger partial charge in [0, 0.05) is 17.0 Å². The van der Waals surface area contributed by atoms with Crippen LogP contribution in [0.15, 0.2) is 42.5 Å². The van der Waals surface area contributed by atoms with Crippen LogP contribution in [0.2, 0.25) is 5.02 Å². The minimum atomic E-state index is -0.00681. The standard InChI is InChI=1S/C15H10ClNO/c16-13-2-1-3-14-12(13)8-15(18-14)11-6-4-10(9-17)5-7-11/h1-7,15H,8H2. The van der Waals surface area contributed by atoms with Crippen molar-refractivity contribution in [2.24, 2.45) is 0 Å². The molecule has 3 heteroatoms. The highest BCUT2D eigenvalue weighted by Gasteiger charge is 2.25. The highest BCUT2D eigenvalue weighted by Crippen LogP contribution is 2.40. The van der Waals surface area contributed by atoms with Gasteiger partial charge in [-0.15, -0.1) is 0 Å². The first-order valence-corrected chi connectivity index (χ1v) is 6.10. The van der Waals surface area contributed by atoms with Gasteiger partial charge in [0.2, 0.25) is 0 Å². The predicted molar refractivity (Wildman–Crippen MR) is 69.7 cm³/mol. The van der Waals surface area contributed by atoms with Crippen molar-refractivity contribution in [2.45, 2.75) is 12.5 Å². The molecule has 0 aliphatic carbocycles. The molecule has 1 atom stereocenters. The summed E-state index contributed by atoms with van der Waals surface area (Å²) in [5.41, 5.74) is 2.79. The molecule has 1 aliphatic heterocycles. The van der Waals surface area contributed by atoms with Crippen molar-refractivity contribution in [1.29, 1.82) is 5.26 Å².